The van der Waals surface area contributed by atoms with Gasteiger partial charge in [-0.3, -0.25) is 0 Å². The van der Waals surface area contributed by atoms with Crippen molar-refractivity contribution in [2.45, 2.75) is 65.2 Å². The Kier molecular flexibility index (Phi) is 8.02. The highest BCUT2D eigenvalue weighted by molar-refractivity contribution is 6.44. The fraction of sp³-hybridized carbons (Fsp3) is 0.625. The topological polar surface area (TPSA) is 18.5 Å². The monoisotopic (exact) mass is 280 g/mol. The molecule has 0 unspecified atom stereocenters. The molecule has 1 aromatic carbocycles. The Morgan fingerprint density at radius 3 is 2.00 bits per heavy atom. The summed E-state index contributed by atoms with van der Waals surface area (Å²) in [7, 11) is -1.48. The van der Waals surface area contributed by atoms with Crippen molar-refractivity contribution in [3.63, 3.8) is 0 Å². The molecule has 1 aromatic rings. The molecule has 0 radical (unpaired) electrons. The molecular formula is C16H28O2Si. The zero-order valence-electron chi connectivity index (χ0n) is 12.8. The van der Waals surface area contributed by atoms with Gasteiger partial charge in [0.1, 0.15) is 0 Å². The summed E-state index contributed by atoms with van der Waals surface area (Å²) >= 11 is 0. The molecule has 2 nitrogen and oxygen atoms in total. The Morgan fingerprint density at radius 1 is 0.895 bits per heavy atom. The smallest absolute Gasteiger partial charge is 0.321 e. The van der Waals surface area contributed by atoms with Crippen LogP contribution in [0.15, 0.2) is 30.3 Å². The van der Waals surface area contributed by atoms with Crippen LogP contribution in [0.2, 0.25) is 6.04 Å². The number of benzene rings is 1. The Bertz CT molecular complexity index is 315. The first-order valence-corrected chi connectivity index (χ1v) is 9.18. The third kappa shape index (κ3) is 8.19. The maximum atomic E-state index is 5.93. The predicted octanol–water partition coefficient (Wildman–Crippen LogP) is 4.08. The standard InChI is InChI=1S/C16H28O2Si/c1-14(2)17-19(18-15(3)4)13-9-8-12-16-10-6-5-7-11-16/h5-7,10-11,14-15,19H,8-9,12-13H2,1-4H3. The fourth-order valence-electron chi connectivity index (χ4n) is 2.06. The predicted molar refractivity (Wildman–Crippen MR) is 83.8 cm³/mol. The molecule has 0 bridgehead atoms. The van der Waals surface area contributed by atoms with Crippen LogP contribution in [0.1, 0.15) is 46.1 Å². The second-order valence-corrected chi connectivity index (χ2v) is 7.51. The van der Waals surface area contributed by atoms with Gasteiger partial charge in [0.25, 0.3) is 0 Å². The van der Waals surface area contributed by atoms with E-state index >= 15 is 0 Å². The quantitative estimate of drug-likeness (QED) is 0.501. The summed E-state index contributed by atoms with van der Waals surface area (Å²) in [4.78, 5) is 0. The van der Waals surface area contributed by atoms with Crippen LogP contribution >= 0.6 is 0 Å². The number of rotatable bonds is 9. The average molecular weight is 280 g/mol. The summed E-state index contributed by atoms with van der Waals surface area (Å²) in [5.41, 5.74) is 1.43. The minimum atomic E-state index is -1.48. The Morgan fingerprint density at radius 2 is 1.47 bits per heavy atom. The minimum Gasteiger partial charge on any atom is -0.394 e. The first kappa shape index (κ1) is 16.4. The molecule has 0 N–H and O–H groups in total. The lowest BCUT2D eigenvalue weighted by Crippen LogP contribution is -2.29. The van der Waals surface area contributed by atoms with Gasteiger partial charge in [0.15, 0.2) is 0 Å². The van der Waals surface area contributed by atoms with Crippen LogP contribution < -0.4 is 0 Å². The van der Waals surface area contributed by atoms with E-state index < -0.39 is 9.28 Å². The maximum absolute atomic E-state index is 5.93. The van der Waals surface area contributed by atoms with Gasteiger partial charge in [-0.15, -0.1) is 0 Å². The fourth-order valence-corrected chi connectivity index (χ4v) is 4.23. The molecule has 0 heterocycles. The van der Waals surface area contributed by atoms with Crippen molar-refractivity contribution in [1.82, 2.24) is 0 Å². The van der Waals surface area contributed by atoms with Gasteiger partial charge in [0.05, 0.1) is 0 Å². The van der Waals surface area contributed by atoms with E-state index in [-0.39, 0.29) is 12.2 Å². The molecule has 3 heteroatoms. The molecule has 0 fully saturated rings. The van der Waals surface area contributed by atoms with Crippen molar-refractivity contribution in [3.05, 3.63) is 35.9 Å². The summed E-state index contributed by atoms with van der Waals surface area (Å²) in [5.74, 6) is 0. The molecule has 0 amide bonds. The Balaban J connectivity index is 2.23. The summed E-state index contributed by atoms with van der Waals surface area (Å²) in [6, 6.07) is 11.8. The van der Waals surface area contributed by atoms with Crippen molar-refractivity contribution < 1.29 is 8.85 Å². The third-order valence-electron chi connectivity index (χ3n) is 2.85. The van der Waals surface area contributed by atoms with E-state index in [0.29, 0.717) is 0 Å². The molecule has 0 spiro atoms. The molecular weight excluding hydrogens is 252 g/mol. The van der Waals surface area contributed by atoms with Crippen molar-refractivity contribution in [3.8, 4) is 0 Å². The van der Waals surface area contributed by atoms with Crippen molar-refractivity contribution in [1.29, 1.82) is 0 Å². The summed E-state index contributed by atoms with van der Waals surface area (Å²) in [6.07, 6.45) is 4.14. The highest BCUT2D eigenvalue weighted by Gasteiger charge is 2.16. The number of aryl methyl sites for hydroxylation is 1. The lowest BCUT2D eigenvalue weighted by Gasteiger charge is -2.21. The molecule has 19 heavy (non-hydrogen) atoms. The van der Waals surface area contributed by atoms with Gasteiger partial charge in [-0.1, -0.05) is 36.8 Å². The molecule has 0 aliphatic carbocycles. The zero-order valence-corrected chi connectivity index (χ0v) is 13.9. The molecule has 0 saturated carbocycles. The third-order valence-corrected chi connectivity index (χ3v) is 5.42. The first-order valence-electron chi connectivity index (χ1n) is 7.42. The van der Waals surface area contributed by atoms with Crippen LogP contribution in [0.3, 0.4) is 0 Å². The van der Waals surface area contributed by atoms with Gasteiger partial charge in [0, 0.05) is 12.2 Å². The van der Waals surface area contributed by atoms with Gasteiger partial charge >= 0.3 is 9.28 Å². The van der Waals surface area contributed by atoms with Gasteiger partial charge in [0.2, 0.25) is 0 Å². The Hall–Kier alpha value is -0.643. The van der Waals surface area contributed by atoms with Crippen molar-refractivity contribution in [2.24, 2.45) is 0 Å². The van der Waals surface area contributed by atoms with Crippen molar-refractivity contribution in [2.75, 3.05) is 0 Å². The van der Waals surface area contributed by atoms with E-state index in [2.05, 4.69) is 58.0 Å². The summed E-state index contributed by atoms with van der Waals surface area (Å²) in [5, 5.41) is 0. The number of unbranched alkanes of at least 4 members (excludes halogenated alkanes) is 1. The highest BCUT2D eigenvalue weighted by atomic mass is 28.3. The lowest BCUT2D eigenvalue weighted by molar-refractivity contribution is 0.129. The number of hydrogen-bond acceptors (Lipinski definition) is 2. The van der Waals surface area contributed by atoms with Crippen LogP contribution in [-0.2, 0) is 15.3 Å². The Labute approximate surface area is 120 Å². The molecule has 0 aliphatic rings. The van der Waals surface area contributed by atoms with Gasteiger partial charge in [-0.05, 0) is 52.1 Å². The van der Waals surface area contributed by atoms with Crippen LogP contribution in [0.25, 0.3) is 0 Å². The molecule has 0 aliphatic heterocycles. The SMILES string of the molecule is CC(C)O[SiH](CCCCc1ccccc1)OC(C)C. The second-order valence-electron chi connectivity index (χ2n) is 5.53. The van der Waals surface area contributed by atoms with Crippen LogP contribution in [-0.4, -0.2) is 21.5 Å². The molecule has 0 aromatic heterocycles. The zero-order chi connectivity index (χ0) is 14.1. The number of hydrogen-bond donors (Lipinski definition) is 0. The first-order chi connectivity index (χ1) is 9.08. The van der Waals surface area contributed by atoms with Gasteiger partial charge in [-0.25, -0.2) is 0 Å². The van der Waals surface area contributed by atoms with E-state index in [1.54, 1.807) is 0 Å². The molecule has 1 rings (SSSR count). The maximum Gasteiger partial charge on any atom is 0.321 e. The van der Waals surface area contributed by atoms with Crippen LogP contribution in [0.5, 0.6) is 0 Å². The largest absolute Gasteiger partial charge is 0.394 e. The molecule has 0 saturated heterocycles. The van der Waals surface area contributed by atoms with E-state index in [0.717, 1.165) is 12.5 Å². The van der Waals surface area contributed by atoms with Crippen LogP contribution in [0, 0.1) is 0 Å². The highest BCUT2D eigenvalue weighted by Crippen LogP contribution is 2.12. The normalized spacial score (nSPS) is 11.7. The van der Waals surface area contributed by atoms with Gasteiger partial charge in [-0.2, -0.15) is 0 Å². The molecule has 0 atom stereocenters. The second kappa shape index (κ2) is 9.29. The van der Waals surface area contributed by atoms with E-state index in [1.807, 2.05) is 0 Å². The molecule has 108 valence electrons. The van der Waals surface area contributed by atoms with E-state index in [4.69, 9.17) is 8.85 Å². The summed E-state index contributed by atoms with van der Waals surface area (Å²) in [6.45, 7) is 8.36. The minimum absolute atomic E-state index is 0.282. The van der Waals surface area contributed by atoms with Crippen molar-refractivity contribution >= 4 is 9.28 Å². The summed E-state index contributed by atoms with van der Waals surface area (Å²) < 4.78 is 11.9. The average Bonchev–Trinajstić information content (AvgIpc) is 2.34. The lowest BCUT2D eigenvalue weighted by atomic mass is 10.1. The van der Waals surface area contributed by atoms with Crippen LogP contribution in [0.4, 0.5) is 0 Å². The van der Waals surface area contributed by atoms with Gasteiger partial charge < -0.3 is 8.85 Å². The van der Waals surface area contributed by atoms with E-state index in [9.17, 15) is 0 Å². The van der Waals surface area contributed by atoms with E-state index in [1.165, 1.54) is 18.4 Å².